The number of anilines is 1. The molecule has 2 aromatic heterocycles. The van der Waals surface area contributed by atoms with Crippen LogP contribution in [-0.2, 0) is 24.1 Å². The Morgan fingerprint density at radius 2 is 1.82 bits per heavy atom. The summed E-state index contributed by atoms with van der Waals surface area (Å²) >= 11 is 2.94. The van der Waals surface area contributed by atoms with Gasteiger partial charge in [0.05, 0.1) is 16.8 Å². The number of rotatable bonds is 6. The number of hydrogen-bond acceptors (Lipinski definition) is 5. The minimum atomic E-state index is -0.121. The molecular weight excluding hydrogens is 462 g/mol. The minimum Gasteiger partial charge on any atom is -0.325 e. The summed E-state index contributed by atoms with van der Waals surface area (Å²) in [5.74, 6) is 0.0502. The van der Waals surface area contributed by atoms with E-state index >= 15 is 0 Å². The molecule has 0 spiro atoms. The molecule has 1 aliphatic carbocycles. The fourth-order valence-electron chi connectivity index (χ4n) is 4.36. The number of fused-ring (bicyclic) bond motifs is 3. The van der Waals surface area contributed by atoms with Gasteiger partial charge in [0.15, 0.2) is 5.16 Å². The van der Waals surface area contributed by atoms with E-state index in [0.717, 1.165) is 59.3 Å². The maximum atomic E-state index is 13.8. The average Bonchev–Trinajstić information content (AvgIpc) is 3.23. The Balaban J connectivity index is 1.48. The van der Waals surface area contributed by atoms with E-state index in [1.165, 1.54) is 27.8 Å². The number of carbonyl (C=O) groups is 1. The third kappa shape index (κ3) is 4.55. The van der Waals surface area contributed by atoms with E-state index in [-0.39, 0.29) is 17.2 Å². The fraction of sp³-hybridized carbons (Fsp3) is 0.296. The lowest BCUT2D eigenvalue weighted by atomic mass is 9.97. The highest BCUT2D eigenvalue weighted by atomic mass is 32.2. The second-order valence-electron chi connectivity index (χ2n) is 8.65. The van der Waals surface area contributed by atoms with Crippen LogP contribution in [0.25, 0.3) is 15.9 Å². The van der Waals surface area contributed by atoms with Crippen molar-refractivity contribution in [2.24, 2.45) is 0 Å². The van der Waals surface area contributed by atoms with Gasteiger partial charge in [-0.3, -0.25) is 14.2 Å². The van der Waals surface area contributed by atoms with Crippen molar-refractivity contribution < 1.29 is 4.79 Å². The van der Waals surface area contributed by atoms with Crippen molar-refractivity contribution in [1.29, 1.82) is 0 Å². The lowest BCUT2D eigenvalue weighted by molar-refractivity contribution is -0.113. The van der Waals surface area contributed by atoms with Gasteiger partial charge >= 0.3 is 0 Å². The van der Waals surface area contributed by atoms with Crippen molar-refractivity contribution in [2.75, 3.05) is 11.1 Å². The van der Waals surface area contributed by atoms with Crippen molar-refractivity contribution in [3.63, 3.8) is 0 Å². The van der Waals surface area contributed by atoms with E-state index in [4.69, 9.17) is 4.98 Å². The summed E-state index contributed by atoms with van der Waals surface area (Å²) in [5, 5.41) is 4.26. The molecule has 2 heterocycles. The van der Waals surface area contributed by atoms with Gasteiger partial charge in [-0.15, -0.1) is 11.3 Å². The SMILES string of the molecule is CCc1ccc(NC(=O)CSc2nc3sc4c(c3c(=O)n2-c2ccc(C)cc2)CCCC4)cc1. The fourth-order valence-corrected chi connectivity index (χ4v) is 6.47. The van der Waals surface area contributed by atoms with Crippen LogP contribution in [0.2, 0.25) is 0 Å². The van der Waals surface area contributed by atoms with Crippen LogP contribution in [0.5, 0.6) is 0 Å². The quantitative estimate of drug-likeness (QED) is 0.269. The van der Waals surface area contributed by atoms with Gasteiger partial charge in [-0.05, 0) is 74.4 Å². The summed E-state index contributed by atoms with van der Waals surface area (Å²) < 4.78 is 1.68. The first kappa shape index (κ1) is 22.9. The van der Waals surface area contributed by atoms with Gasteiger partial charge in [-0.1, -0.05) is 48.5 Å². The number of aromatic nitrogens is 2. The summed E-state index contributed by atoms with van der Waals surface area (Å²) in [6, 6.07) is 15.8. The van der Waals surface area contributed by atoms with Crippen molar-refractivity contribution in [3.8, 4) is 5.69 Å². The van der Waals surface area contributed by atoms with Gasteiger partial charge in [0, 0.05) is 10.6 Å². The summed E-state index contributed by atoms with van der Waals surface area (Å²) in [6.45, 7) is 4.13. The second kappa shape index (κ2) is 9.76. The molecule has 34 heavy (non-hydrogen) atoms. The van der Waals surface area contributed by atoms with E-state index in [0.29, 0.717) is 5.16 Å². The van der Waals surface area contributed by atoms with Gasteiger partial charge in [-0.25, -0.2) is 4.98 Å². The second-order valence-corrected chi connectivity index (χ2v) is 10.7. The Kier molecular flexibility index (Phi) is 6.57. The Morgan fingerprint density at radius 3 is 2.56 bits per heavy atom. The molecule has 1 aliphatic rings. The molecule has 5 rings (SSSR count). The number of nitrogens with zero attached hydrogens (tertiary/aromatic N) is 2. The largest absolute Gasteiger partial charge is 0.325 e. The summed E-state index contributed by atoms with van der Waals surface area (Å²) in [4.78, 5) is 33.5. The predicted octanol–water partition coefficient (Wildman–Crippen LogP) is 5.93. The lowest BCUT2D eigenvalue weighted by Gasteiger charge is -2.14. The van der Waals surface area contributed by atoms with Crippen LogP contribution in [0.1, 0.15) is 41.3 Å². The van der Waals surface area contributed by atoms with Crippen LogP contribution in [0.15, 0.2) is 58.5 Å². The van der Waals surface area contributed by atoms with Crippen LogP contribution in [0.3, 0.4) is 0 Å². The maximum absolute atomic E-state index is 13.8. The van der Waals surface area contributed by atoms with Gasteiger partial charge in [-0.2, -0.15) is 0 Å². The van der Waals surface area contributed by atoms with Crippen molar-refractivity contribution in [2.45, 2.75) is 51.1 Å². The Morgan fingerprint density at radius 1 is 1.09 bits per heavy atom. The maximum Gasteiger partial charge on any atom is 0.267 e. The number of thioether (sulfide) groups is 1. The summed E-state index contributed by atoms with van der Waals surface area (Å²) in [6.07, 6.45) is 5.18. The van der Waals surface area contributed by atoms with E-state index in [1.54, 1.807) is 15.9 Å². The van der Waals surface area contributed by atoms with E-state index < -0.39 is 0 Å². The smallest absolute Gasteiger partial charge is 0.267 e. The first-order chi connectivity index (χ1) is 16.5. The molecule has 174 valence electrons. The third-order valence-electron chi connectivity index (χ3n) is 6.23. The molecular formula is C27H27N3O2S2. The number of aryl methyl sites for hydroxylation is 4. The highest BCUT2D eigenvalue weighted by Crippen LogP contribution is 2.35. The van der Waals surface area contributed by atoms with Crippen LogP contribution in [-0.4, -0.2) is 21.2 Å². The molecule has 0 aliphatic heterocycles. The van der Waals surface area contributed by atoms with Gasteiger partial charge < -0.3 is 5.32 Å². The first-order valence-electron chi connectivity index (χ1n) is 11.7. The molecule has 0 saturated heterocycles. The minimum absolute atomic E-state index is 0.0358. The number of hydrogen-bond donors (Lipinski definition) is 1. The van der Waals surface area contributed by atoms with Crippen LogP contribution < -0.4 is 10.9 Å². The van der Waals surface area contributed by atoms with Crippen molar-refractivity contribution in [1.82, 2.24) is 9.55 Å². The number of carbonyl (C=O) groups excluding carboxylic acids is 1. The van der Waals surface area contributed by atoms with Gasteiger partial charge in [0.2, 0.25) is 5.91 Å². The van der Waals surface area contributed by atoms with Gasteiger partial charge in [0.1, 0.15) is 4.83 Å². The van der Waals surface area contributed by atoms with Crippen LogP contribution >= 0.6 is 23.1 Å². The highest BCUT2D eigenvalue weighted by Gasteiger charge is 2.23. The Labute approximate surface area is 207 Å². The van der Waals surface area contributed by atoms with Crippen LogP contribution in [0.4, 0.5) is 5.69 Å². The molecule has 0 radical (unpaired) electrons. The molecule has 0 bridgehead atoms. The summed E-state index contributed by atoms with van der Waals surface area (Å²) in [7, 11) is 0. The zero-order valence-corrected chi connectivity index (χ0v) is 21.0. The first-order valence-corrected chi connectivity index (χ1v) is 13.5. The molecule has 4 aromatic rings. The van der Waals surface area contributed by atoms with Crippen molar-refractivity contribution >= 4 is 44.9 Å². The predicted molar refractivity (Wildman–Crippen MR) is 142 cm³/mol. The van der Waals surface area contributed by atoms with Crippen molar-refractivity contribution in [3.05, 3.63) is 80.5 Å². The number of benzene rings is 2. The van der Waals surface area contributed by atoms with E-state index in [1.807, 2.05) is 55.5 Å². The third-order valence-corrected chi connectivity index (χ3v) is 8.35. The van der Waals surface area contributed by atoms with E-state index in [9.17, 15) is 9.59 Å². The molecule has 0 fully saturated rings. The highest BCUT2D eigenvalue weighted by molar-refractivity contribution is 7.99. The summed E-state index contributed by atoms with van der Waals surface area (Å²) in [5.41, 5.74) is 5.04. The molecule has 1 N–H and O–H groups in total. The lowest BCUT2D eigenvalue weighted by Crippen LogP contribution is -2.23. The molecule has 2 aromatic carbocycles. The normalized spacial score (nSPS) is 13.1. The molecule has 0 unspecified atom stereocenters. The number of nitrogens with one attached hydrogen (secondary N) is 1. The van der Waals surface area contributed by atoms with Gasteiger partial charge in [0.25, 0.3) is 5.56 Å². The zero-order valence-electron chi connectivity index (χ0n) is 19.4. The Hall–Kier alpha value is -2.90. The molecule has 5 nitrogen and oxygen atoms in total. The number of amides is 1. The molecule has 7 heteroatoms. The number of thiophene rings is 1. The average molecular weight is 490 g/mol. The topological polar surface area (TPSA) is 64.0 Å². The molecule has 0 saturated carbocycles. The molecule has 1 amide bonds. The molecule has 0 atom stereocenters. The van der Waals surface area contributed by atoms with E-state index in [2.05, 4.69) is 12.2 Å². The van der Waals surface area contributed by atoms with Crippen LogP contribution in [0, 0.1) is 6.92 Å². The standard InChI is InChI=1S/C27H27N3O2S2/c1-3-18-10-12-19(13-11-18)28-23(31)16-33-27-29-25-24(21-6-4-5-7-22(21)34-25)26(32)30(27)20-14-8-17(2)9-15-20/h8-15H,3-7,16H2,1-2H3,(H,28,31). The Bertz CT molecular complexity index is 1400. The zero-order chi connectivity index (χ0) is 23.7. The monoisotopic (exact) mass is 489 g/mol.